The maximum atomic E-state index is 12.5. The average molecular weight is 391 g/mol. The first-order valence-electron chi connectivity index (χ1n) is 9.16. The molecule has 1 aromatic rings. The molecule has 2 amide bonds. The van der Waals surface area contributed by atoms with Crippen LogP contribution in [0.25, 0.3) is 0 Å². The van der Waals surface area contributed by atoms with Crippen LogP contribution in [-0.4, -0.2) is 50.5 Å². The van der Waals surface area contributed by atoms with Crippen molar-refractivity contribution in [1.29, 1.82) is 5.26 Å². The number of hydrogen-bond donors (Lipinski definition) is 2. The first-order valence-corrected chi connectivity index (χ1v) is 9.16. The lowest BCUT2D eigenvalue weighted by atomic mass is 10.0. The summed E-state index contributed by atoms with van der Waals surface area (Å²) < 4.78 is 15.7. The molecular formula is C20H29N3O5. The molecule has 3 atom stereocenters. The molecule has 28 heavy (non-hydrogen) atoms. The number of amides is 2. The highest BCUT2D eigenvalue weighted by Gasteiger charge is 2.26. The minimum absolute atomic E-state index is 0.128. The molecule has 154 valence electrons. The van der Waals surface area contributed by atoms with Gasteiger partial charge in [-0.3, -0.25) is 4.79 Å². The Kier molecular flexibility index (Phi) is 9.82. The number of carbonyl (C=O) groups is 2. The average Bonchev–Trinajstić information content (AvgIpc) is 2.64. The largest absolute Gasteiger partial charge is 0.491 e. The van der Waals surface area contributed by atoms with Crippen LogP contribution < -0.4 is 15.4 Å². The van der Waals surface area contributed by atoms with Crippen LogP contribution in [0.3, 0.4) is 0 Å². The quantitative estimate of drug-likeness (QED) is 0.633. The van der Waals surface area contributed by atoms with E-state index in [2.05, 4.69) is 10.6 Å². The minimum atomic E-state index is -0.736. The molecule has 0 bridgehead atoms. The van der Waals surface area contributed by atoms with Crippen molar-refractivity contribution in [3.63, 3.8) is 0 Å². The Morgan fingerprint density at radius 2 is 1.71 bits per heavy atom. The highest BCUT2D eigenvalue weighted by atomic mass is 16.6. The highest BCUT2D eigenvalue weighted by molar-refractivity contribution is 5.86. The number of benzene rings is 1. The van der Waals surface area contributed by atoms with Gasteiger partial charge in [-0.2, -0.15) is 5.26 Å². The number of nitriles is 1. The SMILES string of the molecule is COCC(C)OC(=O)N[C@H](C(=O)NC(C)COc1ccc(C#N)cc1)C(C)C. The molecular weight excluding hydrogens is 362 g/mol. The first-order chi connectivity index (χ1) is 13.3. The van der Waals surface area contributed by atoms with E-state index in [0.29, 0.717) is 11.3 Å². The van der Waals surface area contributed by atoms with E-state index in [1.54, 1.807) is 38.1 Å². The molecule has 2 unspecified atom stereocenters. The van der Waals surface area contributed by atoms with Crippen LogP contribution >= 0.6 is 0 Å². The lowest BCUT2D eigenvalue weighted by Gasteiger charge is -2.24. The molecule has 0 saturated carbocycles. The van der Waals surface area contributed by atoms with Crippen molar-refractivity contribution in [3.05, 3.63) is 29.8 Å². The molecule has 0 aromatic heterocycles. The molecule has 2 N–H and O–H groups in total. The van der Waals surface area contributed by atoms with Gasteiger partial charge in [-0.15, -0.1) is 0 Å². The molecule has 0 aliphatic carbocycles. The third-order valence-electron chi connectivity index (χ3n) is 3.80. The van der Waals surface area contributed by atoms with E-state index in [0.717, 1.165) is 0 Å². The van der Waals surface area contributed by atoms with Crippen LogP contribution in [0.2, 0.25) is 0 Å². The summed E-state index contributed by atoms with van der Waals surface area (Å²) in [7, 11) is 1.52. The molecule has 0 saturated heterocycles. The van der Waals surface area contributed by atoms with Crippen molar-refractivity contribution in [2.45, 2.75) is 45.9 Å². The van der Waals surface area contributed by atoms with Crippen LogP contribution in [0.5, 0.6) is 5.75 Å². The van der Waals surface area contributed by atoms with Gasteiger partial charge >= 0.3 is 6.09 Å². The number of carbonyl (C=O) groups excluding carboxylic acids is 2. The summed E-state index contributed by atoms with van der Waals surface area (Å²) in [6.45, 7) is 7.70. The number of rotatable bonds is 10. The van der Waals surface area contributed by atoms with Crippen LogP contribution in [-0.2, 0) is 14.3 Å². The number of alkyl carbamates (subject to hydrolysis) is 1. The van der Waals surface area contributed by atoms with Crippen molar-refractivity contribution in [1.82, 2.24) is 10.6 Å². The van der Waals surface area contributed by atoms with Crippen molar-refractivity contribution < 1.29 is 23.8 Å². The summed E-state index contributed by atoms with van der Waals surface area (Å²) in [5, 5.41) is 14.2. The zero-order valence-electron chi connectivity index (χ0n) is 17.0. The second-order valence-corrected chi connectivity index (χ2v) is 6.89. The Morgan fingerprint density at radius 1 is 1.07 bits per heavy atom. The molecule has 0 radical (unpaired) electrons. The van der Waals surface area contributed by atoms with Gasteiger partial charge in [0.2, 0.25) is 5.91 Å². The maximum absolute atomic E-state index is 12.5. The molecule has 0 fully saturated rings. The zero-order chi connectivity index (χ0) is 21.1. The van der Waals surface area contributed by atoms with Crippen molar-refractivity contribution in [2.75, 3.05) is 20.3 Å². The van der Waals surface area contributed by atoms with Crippen LogP contribution in [0.15, 0.2) is 24.3 Å². The van der Waals surface area contributed by atoms with Gasteiger partial charge in [0.1, 0.15) is 24.5 Å². The van der Waals surface area contributed by atoms with Crippen LogP contribution in [0, 0.1) is 17.2 Å². The number of nitrogens with zero attached hydrogens (tertiary/aromatic N) is 1. The molecule has 8 nitrogen and oxygen atoms in total. The lowest BCUT2D eigenvalue weighted by Crippen LogP contribution is -2.53. The van der Waals surface area contributed by atoms with E-state index >= 15 is 0 Å². The van der Waals surface area contributed by atoms with Gasteiger partial charge in [0.15, 0.2) is 0 Å². The number of ether oxygens (including phenoxy) is 3. The Labute approximate surface area is 166 Å². The summed E-state index contributed by atoms with van der Waals surface area (Å²) >= 11 is 0. The van der Waals surface area contributed by atoms with Crippen molar-refractivity contribution in [3.8, 4) is 11.8 Å². The van der Waals surface area contributed by atoms with E-state index in [4.69, 9.17) is 19.5 Å². The summed E-state index contributed by atoms with van der Waals surface area (Å²) in [6, 6.07) is 7.73. The predicted molar refractivity (Wildman–Crippen MR) is 104 cm³/mol. The maximum Gasteiger partial charge on any atom is 0.408 e. The molecule has 1 rings (SSSR count). The monoisotopic (exact) mass is 391 g/mol. The molecule has 8 heteroatoms. The van der Waals surface area contributed by atoms with Crippen molar-refractivity contribution >= 4 is 12.0 Å². The zero-order valence-corrected chi connectivity index (χ0v) is 17.0. The molecule has 0 spiro atoms. The van der Waals surface area contributed by atoms with Gasteiger partial charge in [0.05, 0.1) is 24.3 Å². The minimum Gasteiger partial charge on any atom is -0.491 e. The second kappa shape index (κ2) is 11.8. The fourth-order valence-corrected chi connectivity index (χ4v) is 2.37. The molecule has 0 aliphatic heterocycles. The van der Waals surface area contributed by atoms with E-state index < -0.39 is 18.2 Å². The van der Waals surface area contributed by atoms with Gasteiger partial charge in [-0.25, -0.2) is 4.79 Å². The van der Waals surface area contributed by atoms with Gasteiger partial charge in [0, 0.05) is 7.11 Å². The topological polar surface area (TPSA) is 110 Å². The summed E-state index contributed by atoms with van der Waals surface area (Å²) in [6.07, 6.45) is -1.08. The van der Waals surface area contributed by atoms with E-state index in [9.17, 15) is 9.59 Å². The normalized spacial score (nSPS) is 13.8. The third-order valence-corrected chi connectivity index (χ3v) is 3.80. The number of hydrogen-bond acceptors (Lipinski definition) is 6. The predicted octanol–water partition coefficient (Wildman–Crippen LogP) is 2.23. The molecule has 1 aromatic carbocycles. The summed E-state index contributed by atoms with van der Waals surface area (Å²) in [5.74, 6) is 0.161. The van der Waals surface area contributed by atoms with Crippen molar-refractivity contribution in [2.24, 2.45) is 5.92 Å². The fraction of sp³-hybridized carbons (Fsp3) is 0.550. The van der Waals surface area contributed by atoms with Crippen LogP contribution in [0.4, 0.5) is 4.79 Å². The Morgan fingerprint density at radius 3 is 2.25 bits per heavy atom. The standard InChI is InChI=1S/C20H29N3O5/c1-13(2)18(23-20(25)28-15(4)12-26-5)19(24)22-14(3)11-27-17-8-6-16(10-21)7-9-17/h6-9,13-15,18H,11-12H2,1-5H3,(H,22,24)(H,23,25)/t14?,15?,18-/m0/s1. The van der Waals surface area contributed by atoms with E-state index in [1.807, 2.05) is 19.9 Å². The summed E-state index contributed by atoms with van der Waals surface area (Å²) in [5.41, 5.74) is 0.547. The molecule has 0 aliphatic rings. The van der Waals surface area contributed by atoms with Crippen LogP contribution in [0.1, 0.15) is 33.3 Å². The van der Waals surface area contributed by atoms with E-state index in [1.165, 1.54) is 7.11 Å². The third kappa shape index (κ3) is 8.27. The Bertz CT molecular complexity index is 669. The van der Waals surface area contributed by atoms with Gasteiger partial charge in [0.25, 0.3) is 0 Å². The smallest absolute Gasteiger partial charge is 0.408 e. The number of nitrogens with one attached hydrogen (secondary N) is 2. The van der Waals surface area contributed by atoms with E-state index in [-0.39, 0.29) is 31.1 Å². The Balaban J connectivity index is 2.52. The Hall–Kier alpha value is -2.79. The molecule has 0 heterocycles. The highest BCUT2D eigenvalue weighted by Crippen LogP contribution is 2.12. The fourth-order valence-electron chi connectivity index (χ4n) is 2.37. The summed E-state index contributed by atoms with van der Waals surface area (Å²) in [4.78, 5) is 24.5. The second-order valence-electron chi connectivity index (χ2n) is 6.89. The number of methoxy groups -OCH3 is 1. The first kappa shape index (κ1) is 23.2. The lowest BCUT2D eigenvalue weighted by molar-refractivity contribution is -0.125. The van der Waals surface area contributed by atoms with Gasteiger partial charge in [-0.1, -0.05) is 13.8 Å². The van der Waals surface area contributed by atoms with Gasteiger partial charge in [-0.05, 0) is 44.0 Å². The van der Waals surface area contributed by atoms with Gasteiger partial charge < -0.3 is 24.8 Å².